The largest absolute Gasteiger partial charge is 0.376 e. The average Bonchev–Trinajstić information content (AvgIpc) is 2.03. The molecule has 1 rings (SSSR count). The monoisotopic (exact) mass is 167 g/mol. The Hall–Kier alpha value is -1.38. The molecule has 0 unspecified atom stereocenters. The van der Waals surface area contributed by atoms with Crippen molar-refractivity contribution in [3.63, 3.8) is 0 Å². The molecule has 0 amide bonds. The van der Waals surface area contributed by atoms with E-state index in [-0.39, 0.29) is 12.4 Å². The molecule has 0 saturated carbocycles. The number of rotatable bonds is 3. The van der Waals surface area contributed by atoms with E-state index in [0.717, 1.165) is 5.56 Å². The van der Waals surface area contributed by atoms with Gasteiger partial charge < -0.3 is 10.1 Å². The van der Waals surface area contributed by atoms with Crippen LogP contribution in [0.3, 0.4) is 0 Å². The lowest BCUT2D eigenvalue weighted by atomic mass is 10.2. The smallest absolute Gasteiger partial charge is 0.146 e. The number of carbonyl (C=O) groups excluding carboxylic acids is 1. The van der Waals surface area contributed by atoms with E-state index in [0.29, 0.717) is 12.0 Å². The van der Waals surface area contributed by atoms with Gasteiger partial charge in [-0.2, -0.15) is 0 Å². The molecule has 0 atom stereocenters. The predicted molar refractivity (Wildman–Crippen MR) is 45.7 cm³/mol. The molecule has 0 heterocycles. The first-order chi connectivity index (χ1) is 5.74. The van der Waals surface area contributed by atoms with Gasteiger partial charge in [-0.15, -0.1) is 0 Å². The van der Waals surface area contributed by atoms with Crippen LogP contribution in [-0.4, -0.2) is 12.8 Å². The van der Waals surface area contributed by atoms with E-state index in [1.807, 2.05) is 6.92 Å². The van der Waals surface area contributed by atoms with Crippen molar-refractivity contribution in [2.75, 3.05) is 11.9 Å². The summed E-state index contributed by atoms with van der Waals surface area (Å²) < 4.78 is 13.0. The summed E-state index contributed by atoms with van der Waals surface area (Å²) >= 11 is 0. The van der Waals surface area contributed by atoms with E-state index in [1.54, 1.807) is 12.1 Å². The van der Waals surface area contributed by atoms with E-state index in [9.17, 15) is 9.18 Å². The van der Waals surface area contributed by atoms with E-state index >= 15 is 0 Å². The number of aldehydes is 1. The summed E-state index contributed by atoms with van der Waals surface area (Å²) in [6.07, 6.45) is 0.694. The highest BCUT2D eigenvalue weighted by Gasteiger charge is 1.99. The molecular formula is C9H10FNO. The van der Waals surface area contributed by atoms with Gasteiger partial charge in [0.1, 0.15) is 12.1 Å². The van der Waals surface area contributed by atoms with E-state index < -0.39 is 0 Å². The number of aryl methyl sites for hydroxylation is 1. The van der Waals surface area contributed by atoms with E-state index in [4.69, 9.17) is 0 Å². The summed E-state index contributed by atoms with van der Waals surface area (Å²) in [6.45, 7) is 1.95. The molecule has 1 aromatic rings. The Morgan fingerprint density at radius 2 is 2.33 bits per heavy atom. The number of halogens is 1. The fourth-order valence-electron chi connectivity index (χ4n) is 0.915. The lowest BCUT2D eigenvalue weighted by Crippen LogP contribution is -2.03. The lowest BCUT2D eigenvalue weighted by molar-refractivity contribution is -0.106. The Morgan fingerprint density at radius 3 is 2.92 bits per heavy atom. The van der Waals surface area contributed by atoms with Crippen molar-refractivity contribution in [2.24, 2.45) is 0 Å². The fourth-order valence-corrected chi connectivity index (χ4v) is 0.915. The third kappa shape index (κ3) is 2.05. The van der Waals surface area contributed by atoms with Gasteiger partial charge in [-0.25, -0.2) is 4.39 Å². The van der Waals surface area contributed by atoms with Gasteiger partial charge in [-0.1, -0.05) is 6.07 Å². The van der Waals surface area contributed by atoms with Gasteiger partial charge in [0.2, 0.25) is 0 Å². The van der Waals surface area contributed by atoms with Crippen LogP contribution in [0.4, 0.5) is 10.1 Å². The van der Waals surface area contributed by atoms with Crippen LogP contribution in [0.15, 0.2) is 18.2 Å². The maximum absolute atomic E-state index is 13.0. The number of hydrogen-bond donors (Lipinski definition) is 1. The number of benzene rings is 1. The zero-order valence-electron chi connectivity index (χ0n) is 6.80. The fraction of sp³-hybridized carbons (Fsp3) is 0.222. The summed E-state index contributed by atoms with van der Waals surface area (Å²) in [5, 5.41) is 2.65. The number of carbonyl (C=O) groups is 1. The second kappa shape index (κ2) is 3.85. The quantitative estimate of drug-likeness (QED) is 0.695. The highest BCUT2D eigenvalue weighted by Crippen LogP contribution is 2.14. The van der Waals surface area contributed by atoms with Crippen molar-refractivity contribution >= 4 is 12.0 Å². The van der Waals surface area contributed by atoms with Gasteiger partial charge >= 0.3 is 0 Å². The molecule has 0 spiro atoms. The topological polar surface area (TPSA) is 29.1 Å². The standard InChI is InChI=1S/C9H10FNO/c1-7-2-3-9(8(10)6-7)11-4-5-12/h2-3,5-6,11H,4H2,1H3. The van der Waals surface area contributed by atoms with Crippen molar-refractivity contribution in [1.29, 1.82) is 0 Å². The number of anilines is 1. The second-order valence-electron chi connectivity index (χ2n) is 2.53. The lowest BCUT2D eigenvalue weighted by Gasteiger charge is -2.03. The van der Waals surface area contributed by atoms with Crippen molar-refractivity contribution in [3.05, 3.63) is 29.6 Å². The van der Waals surface area contributed by atoms with Gasteiger partial charge in [0.15, 0.2) is 0 Å². The summed E-state index contributed by atoms with van der Waals surface area (Å²) in [5.74, 6) is -0.322. The molecule has 1 aromatic carbocycles. The zero-order valence-corrected chi connectivity index (χ0v) is 6.80. The Labute approximate surface area is 70.4 Å². The molecular weight excluding hydrogens is 157 g/mol. The molecule has 64 valence electrons. The van der Waals surface area contributed by atoms with Crippen molar-refractivity contribution in [3.8, 4) is 0 Å². The predicted octanol–water partition coefficient (Wildman–Crippen LogP) is 1.74. The SMILES string of the molecule is Cc1ccc(NCC=O)c(F)c1. The normalized spacial score (nSPS) is 9.50. The van der Waals surface area contributed by atoms with Crippen LogP contribution in [0.25, 0.3) is 0 Å². The Kier molecular flexibility index (Phi) is 2.80. The molecule has 3 heteroatoms. The Balaban J connectivity index is 2.78. The molecule has 0 saturated heterocycles. The molecule has 12 heavy (non-hydrogen) atoms. The van der Waals surface area contributed by atoms with Gasteiger partial charge in [0.25, 0.3) is 0 Å². The molecule has 0 aromatic heterocycles. The van der Waals surface area contributed by atoms with E-state index in [2.05, 4.69) is 5.32 Å². The molecule has 0 aliphatic rings. The maximum atomic E-state index is 13.0. The van der Waals surface area contributed by atoms with Crippen LogP contribution in [0.2, 0.25) is 0 Å². The molecule has 1 N–H and O–H groups in total. The minimum Gasteiger partial charge on any atom is -0.376 e. The van der Waals surface area contributed by atoms with Crippen LogP contribution in [0.1, 0.15) is 5.56 Å². The summed E-state index contributed by atoms with van der Waals surface area (Å²) in [5.41, 5.74) is 1.23. The molecule has 0 bridgehead atoms. The average molecular weight is 167 g/mol. The van der Waals surface area contributed by atoms with Gasteiger partial charge in [-0.05, 0) is 24.6 Å². The second-order valence-corrected chi connectivity index (χ2v) is 2.53. The zero-order chi connectivity index (χ0) is 8.97. The van der Waals surface area contributed by atoms with Gasteiger partial charge in [0, 0.05) is 0 Å². The minimum absolute atomic E-state index is 0.139. The molecule has 0 fully saturated rings. The maximum Gasteiger partial charge on any atom is 0.146 e. The third-order valence-electron chi connectivity index (χ3n) is 1.50. The van der Waals surface area contributed by atoms with E-state index in [1.165, 1.54) is 6.07 Å². The number of hydrogen-bond acceptors (Lipinski definition) is 2. The van der Waals surface area contributed by atoms with Crippen molar-refractivity contribution in [2.45, 2.75) is 6.92 Å². The first-order valence-electron chi connectivity index (χ1n) is 3.67. The summed E-state index contributed by atoms with van der Waals surface area (Å²) in [6, 6.07) is 4.83. The molecule has 0 aliphatic carbocycles. The number of nitrogens with one attached hydrogen (secondary N) is 1. The summed E-state index contributed by atoms with van der Waals surface area (Å²) in [7, 11) is 0. The van der Waals surface area contributed by atoms with Gasteiger partial charge in [0.05, 0.1) is 12.2 Å². The van der Waals surface area contributed by atoms with Gasteiger partial charge in [-0.3, -0.25) is 0 Å². The highest BCUT2D eigenvalue weighted by molar-refractivity contribution is 5.59. The molecule has 0 radical (unpaired) electrons. The third-order valence-corrected chi connectivity index (χ3v) is 1.50. The highest BCUT2D eigenvalue weighted by atomic mass is 19.1. The van der Waals surface area contributed by atoms with Crippen LogP contribution >= 0.6 is 0 Å². The first-order valence-corrected chi connectivity index (χ1v) is 3.67. The van der Waals surface area contributed by atoms with Crippen LogP contribution in [-0.2, 0) is 4.79 Å². The molecule has 2 nitrogen and oxygen atoms in total. The van der Waals surface area contributed by atoms with Crippen molar-refractivity contribution in [1.82, 2.24) is 0 Å². The minimum atomic E-state index is -0.322. The molecule has 0 aliphatic heterocycles. The Morgan fingerprint density at radius 1 is 1.58 bits per heavy atom. The van der Waals surface area contributed by atoms with Crippen LogP contribution in [0.5, 0.6) is 0 Å². The van der Waals surface area contributed by atoms with Crippen LogP contribution < -0.4 is 5.32 Å². The summed E-state index contributed by atoms with van der Waals surface area (Å²) in [4.78, 5) is 9.97. The van der Waals surface area contributed by atoms with Crippen molar-refractivity contribution < 1.29 is 9.18 Å². The van der Waals surface area contributed by atoms with Crippen LogP contribution in [0, 0.1) is 12.7 Å². The first kappa shape index (κ1) is 8.71. The Bertz CT molecular complexity index is 286.